The zero-order valence-corrected chi connectivity index (χ0v) is 7.93. The molecule has 0 aromatic heterocycles. The molecule has 1 fully saturated rings. The van der Waals surface area contributed by atoms with Crippen molar-refractivity contribution in [2.45, 2.75) is 26.7 Å². The van der Waals surface area contributed by atoms with Gasteiger partial charge in [-0.05, 0) is 24.5 Å². The van der Waals surface area contributed by atoms with Gasteiger partial charge in [0.15, 0.2) is 0 Å². The van der Waals surface area contributed by atoms with E-state index in [0.29, 0.717) is 0 Å². The fourth-order valence-electron chi connectivity index (χ4n) is 1.41. The molecule has 0 atom stereocenters. The number of fused-ring (bicyclic) bond motifs is 1. The highest BCUT2D eigenvalue weighted by atomic mass is 14.9. The average Bonchev–Trinajstić information content (AvgIpc) is 2.46. The summed E-state index contributed by atoms with van der Waals surface area (Å²) in [6.45, 7) is 5.12. The molecule has 0 radical (unpaired) electrons. The molecule has 1 aliphatic carbocycles. The van der Waals surface area contributed by atoms with Gasteiger partial charge in [0.2, 0.25) is 0 Å². The van der Waals surface area contributed by atoms with Crippen LogP contribution in [0.1, 0.15) is 28.1 Å². The summed E-state index contributed by atoms with van der Waals surface area (Å²) in [4.78, 5) is 0. The lowest BCUT2D eigenvalue weighted by molar-refractivity contribution is 0.914. The maximum absolute atomic E-state index is 3.34. The van der Waals surface area contributed by atoms with Crippen molar-refractivity contribution in [3.63, 3.8) is 0 Å². The summed E-state index contributed by atoms with van der Waals surface area (Å²) < 4.78 is 0. The Morgan fingerprint density at radius 3 is 3.08 bits per heavy atom. The molecule has 1 saturated heterocycles. The number of hydrogen-bond acceptors (Lipinski definition) is 1. The fourth-order valence-corrected chi connectivity index (χ4v) is 1.41. The zero-order chi connectivity index (χ0) is 8.81. The Morgan fingerprint density at radius 2 is 2.25 bits per heavy atom. The van der Waals surface area contributed by atoms with Crippen LogP contribution in [0.15, 0.2) is 35.6 Å². The van der Waals surface area contributed by atoms with Crippen LogP contribution >= 0.6 is 0 Å². The molecule has 0 unspecified atom stereocenters. The highest BCUT2D eigenvalue weighted by molar-refractivity contribution is 5.38. The van der Waals surface area contributed by atoms with Gasteiger partial charge in [0, 0.05) is 13.7 Å². The zero-order valence-electron chi connectivity index (χ0n) is 7.93. The molecule has 2 aliphatic rings. The highest BCUT2D eigenvalue weighted by Gasteiger charge is 2.11. The van der Waals surface area contributed by atoms with Crippen LogP contribution in [0, 0.1) is 0 Å². The predicted octanol–water partition coefficient (Wildman–Crippen LogP) is 3.02. The maximum atomic E-state index is 3.34. The maximum Gasteiger partial charge on any atom is 0.0370 e. The van der Waals surface area contributed by atoms with Gasteiger partial charge >= 0.3 is 0 Å². The molecule has 1 heterocycles. The molecule has 1 nitrogen and oxygen atoms in total. The van der Waals surface area contributed by atoms with Gasteiger partial charge in [0.25, 0.3) is 0 Å². The molecular weight excluding hydrogens is 146 g/mol. The van der Waals surface area contributed by atoms with Crippen molar-refractivity contribution < 1.29 is 1.43 Å². The van der Waals surface area contributed by atoms with Crippen molar-refractivity contribution in [1.29, 1.82) is 0 Å². The Labute approximate surface area is 76.3 Å². The smallest absolute Gasteiger partial charge is 0.0370 e. The quantitative estimate of drug-likeness (QED) is 0.582. The Balaban J connectivity index is 0.000000451. The standard InChI is InChI=1S/C9H11N.C2H6.H2/c1-2-4-8-6-7-10-9(8)5-3-1;1-2;/h1,3-5,10H,2,6-7H2;1-2H3;1H. The number of allylic oxidation sites excluding steroid dienone is 5. The van der Waals surface area contributed by atoms with Gasteiger partial charge < -0.3 is 5.32 Å². The second kappa shape index (κ2) is 4.81. The SMILES string of the molecule is C1=CCC=C2CCNC2=C1.CC.[HH]. The predicted molar refractivity (Wildman–Crippen MR) is 56.0 cm³/mol. The first-order chi connectivity index (χ1) is 5.97. The molecule has 0 saturated carbocycles. The summed E-state index contributed by atoms with van der Waals surface area (Å²) in [5.74, 6) is 0. The van der Waals surface area contributed by atoms with E-state index in [9.17, 15) is 0 Å². The van der Waals surface area contributed by atoms with Gasteiger partial charge in [0.1, 0.15) is 0 Å². The van der Waals surface area contributed by atoms with Gasteiger partial charge in [-0.1, -0.05) is 32.1 Å². The van der Waals surface area contributed by atoms with Gasteiger partial charge in [-0.3, -0.25) is 0 Å². The average molecular weight is 165 g/mol. The van der Waals surface area contributed by atoms with Crippen LogP contribution in [0.4, 0.5) is 0 Å². The first-order valence-corrected chi connectivity index (χ1v) is 4.77. The summed E-state index contributed by atoms with van der Waals surface area (Å²) in [6.07, 6.45) is 11.1. The lowest BCUT2D eigenvalue weighted by atomic mass is 10.2. The monoisotopic (exact) mass is 165 g/mol. The summed E-state index contributed by atoms with van der Waals surface area (Å²) >= 11 is 0. The minimum absolute atomic E-state index is 0. The van der Waals surface area contributed by atoms with Crippen molar-refractivity contribution in [3.05, 3.63) is 35.6 Å². The van der Waals surface area contributed by atoms with Gasteiger partial charge in [-0.25, -0.2) is 0 Å². The largest absolute Gasteiger partial charge is 0.384 e. The number of nitrogens with one attached hydrogen (secondary N) is 1. The van der Waals surface area contributed by atoms with Gasteiger partial charge in [-0.15, -0.1) is 0 Å². The van der Waals surface area contributed by atoms with Gasteiger partial charge in [0.05, 0.1) is 0 Å². The molecule has 0 aromatic carbocycles. The second-order valence-electron chi connectivity index (χ2n) is 2.65. The lowest BCUT2D eigenvalue weighted by Crippen LogP contribution is -2.02. The van der Waals surface area contributed by atoms with Crippen molar-refractivity contribution in [3.8, 4) is 0 Å². The van der Waals surface area contributed by atoms with E-state index < -0.39 is 0 Å². The van der Waals surface area contributed by atoms with E-state index in [4.69, 9.17) is 0 Å². The van der Waals surface area contributed by atoms with E-state index in [1.54, 1.807) is 0 Å². The van der Waals surface area contributed by atoms with E-state index in [1.807, 2.05) is 13.8 Å². The number of hydrogen-bond donors (Lipinski definition) is 1. The van der Waals surface area contributed by atoms with Gasteiger partial charge in [-0.2, -0.15) is 0 Å². The molecule has 68 valence electrons. The Bertz CT molecular complexity index is 226. The van der Waals surface area contributed by atoms with Crippen molar-refractivity contribution in [1.82, 2.24) is 5.32 Å². The molecule has 0 bridgehead atoms. The lowest BCUT2D eigenvalue weighted by Gasteiger charge is -1.95. The normalized spacial score (nSPS) is 19.2. The van der Waals surface area contributed by atoms with Crippen LogP contribution in [0.5, 0.6) is 0 Å². The van der Waals surface area contributed by atoms with Crippen LogP contribution < -0.4 is 5.32 Å². The minimum Gasteiger partial charge on any atom is -0.384 e. The molecule has 1 heteroatoms. The molecule has 0 aromatic rings. The molecule has 0 amide bonds. The van der Waals surface area contributed by atoms with Crippen LogP contribution in [0.25, 0.3) is 0 Å². The summed E-state index contributed by atoms with van der Waals surface area (Å²) in [5, 5.41) is 3.34. The fraction of sp³-hybridized carbons (Fsp3) is 0.455. The van der Waals surface area contributed by atoms with E-state index in [1.165, 1.54) is 17.7 Å². The third kappa shape index (κ3) is 2.00. The summed E-state index contributed by atoms with van der Waals surface area (Å²) in [5.41, 5.74) is 2.82. The van der Waals surface area contributed by atoms with E-state index in [-0.39, 0.29) is 1.43 Å². The number of rotatable bonds is 0. The van der Waals surface area contributed by atoms with Crippen molar-refractivity contribution >= 4 is 0 Å². The Morgan fingerprint density at radius 1 is 1.42 bits per heavy atom. The minimum atomic E-state index is 0. The van der Waals surface area contributed by atoms with E-state index in [2.05, 4.69) is 29.6 Å². The second-order valence-corrected chi connectivity index (χ2v) is 2.65. The third-order valence-corrected chi connectivity index (χ3v) is 1.96. The molecule has 1 aliphatic heterocycles. The Kier molecular flexibility index (Phi) is 3.65. The topological polar surface area (TPSA) is 12.0 Å². The third-order valence-electron chi connectivity index (χ3n) is 1.96. The first-order valence-electron chi connectivity index (χ1n) is 4.77. The van der Waals surface area contributed by atoms with Crippen LogP contribution in [0.2, 0.25) is 0 Å². The van der Waals surface area contributed by atoms with Crippen molar-refractivity contribution in [2.75, 3.05) is 6.54 Å². The molecule has 0 spiro atoms. The highest BCUT2D eigenvalue weighted by Crippen LogP contribution is 2.20. The van der Waals surface area contributed by atoms with Crippen molar-refractivity contribution in [2.24, 2.45) is 0 Å². The van der Waals surface area contributed by atoms with E-state index in [0.717, 1.165) is 13.0 Å². The van der Waals surface area contributed by atoms with E-state index >= 15 is 0 Å². The van der Waals surface area contributed by atoms with Crippen LogP contribution in [-0.2, 0) is 0 Å². The molecule has 1 N–H and O–H groups in total. The summed E-state index contributed by atoms with van der Waals surface area (Å²) in [7, 11) is 0. The summed E-state index contributed by atoms with van der Waals surface area (Å²) in [6, 6.07) is 0. The van der Waals surface area contributed by atoms with Crippen LogP contribution in [-0.4, -0.2) is 6.54 Å². The molecule has 2 rings (SSSR count). The Hall–Kier alpha value is -0.980. The molecule has 12 heavy (non-hydrogen) atoms. The first kappa shape index (κ1) is 9.11. The van der Waals surface area contributed by atoms with Crippen LogP contribution in [0.3, 0.4) is 0 Å². The molecular formula is C11H19N.